The van der Waals surface area contributed by atoms with E-state index in [0.29, 0.717) is 48.4 Å². The quantitative estimate of drug-likeness (QED) is 0.381. The summed E-state index contributed by atoms with van der Waals surface area (Å²) >= 11 is 6.39. The zero-order chi connectivity index (χ0) is 28.6. The monoisotopic (exact) mass is 579 g/mol. The fourth-order valence-corrected chi connectivity index (χ4v) is 5.50. The highest BCUT2D eigenvalue weighted by atomic mass is 35.5. The molecule has 1 N–H and O–H groups in total. The zero-order valence-corrected chi connectivity index (χ0v) is 24.6. The third-order valence-electron chi connectivity index (χ3n) is 6.33. The number of sulfonamides is 1. The number of nitrogens with zero attached hydrogens (tertiary/aromatic N) is 2. The summed E-state index contributed by atoms with van der Waals surface area (Å²) in [5.74, 6) is 0.831. The number of ether oxygens (including phenoxy) is 2. The fourth-order valence-electron chi connectivity index (χ4n) is 4.34. The number of rotatable bonds is 13. The van der Waals surface area contributed by atoms with E-state index in [1.165, 1.54) is 4.31 Å². The third kappa shape index (κ3) is 8.50. The molecule has 11 heteroatoms. The van der Waals surface area contributed by atoms with E-state index in [1.807, 2.05) is 39.0 Å². The lowest BCUT2D eigenvalue weighted by molar-refractivity contribution is -0.141. The molecule has 1 aliphatic rings. The van der Waals surface area contributed by atoms with Crippen LogP contribution in [0.3, 0.4) is 0 Å². The van der Waals surface area contributed by atoms with Gasteiger partial charge in [0, 0.05) is 37.1 Å². The van der Waals surface area contributed by atoms with Crippen LogP contribution >= 0.6 is 11.6 Å². The molecule has 0 saturated carbocycles. The number of hydrogen-bond donors (Lipinski definition) is 1. The smallest absolute Gasteiger partial charge is 0.242 e. The summed E-state index contributed by atoms with van der Waals surface area (Å²) in [6, 6.07) is 11.5. The Hall–Kier alpha value is -2.98. The van der Waals surface area contributed by atoms with Crippen molar-refractivity contribution in [2.45, 2.75) is 52.6 Å². The first-order valence-electron chi connectivity index (χ1n) is 13.2. The molecule has 0 fully saturated rings. The Kier molecular flexibility index (Phi) is 10.9. The van der Waals surface area contributed by atoms with Gasteiger partial charge in [-0.3, -0.25) is 13.9 Å². The first-order chi connectivity index (χ1) is 18.5. The summed E-state index contributed by atoms with van der Waals surface area (Å²) in [4.78, 5) is 28.2. The second-order valence-corrected chi connectivity index (χ2v) is 12.3. The highest BCUT2D eigenvalue weighted by Crippen LogP contribution is 2.35. The fraction of sp³-hybridized carbons (Fsp3) is 0.500. The molecule has 0 unspecified atom stereocenters. The summed E-state index contributed by atoms with van der Waals surface area (Å²) in [5, 5.41) is 3.44. The molecule has 0 spiro atoms. The first kappa shape index (κ1) is 30.6. The molecule has 1 atom stereocenters. The third-order valence-corrected chi connectivity index (χ3v) is 7.90. The van der Waals surface area contributed by atoms with Gasteiger partial charge in [-0.15, -0.1) is 0 Å². The van der Waals surface area contributed by atoms with Crippen LogP contribution in [0.1, 0.15) is 45.6 Å². The average Bonchev–Trinajstić information content (AvgIpc) is 2.89. The molecule has 1 aliphatic heterocycles. The Morgan fingerprint density at radius 1 is 1.08 bits per heavy atom. The SMILES string of the molecule is CC[C@@H](C(=O)NCC(C)C)N(Cc1ccccc1Cl)C(=O)CCCN(c1ccc2c(c1)OCCO2)S(C)(=O)=O. The number of carbonyl (C=O) groups excluding carboxylic acids is 2. The van der Waals surface area contributed by atoms with Gasteiger partial charge in [0.05, 0.1) is 11.9 Å². The van der Waals surface area contributed by atoms with Crippen LogP contribution in [-0.4, -0.2) is 63.7 Å². The zero-order valence-electron chi connectivity index (χ0n) is 23.0. The van der Waals surface area contributed by atoms with Crippen LogP contribution in [0.4, 0.5) is 5.69 Å². The number of benzene rings is 2. The lowest BCUT2D eigenvalue weighted by atomic mass is 10.1. The highest BCUT2D eigenvalue weighted by Gasteiger charge is 2.29. The van der Waals surface area contributed by atoms with E-state index in [4.69, 9.17) is 21.1 Å². The summed E-state index contributed by atoms with van der Waals surface area (Å²) < 4.78 is 37.7. The van der Waals surface area contributed by atoms with E-state index >= 15 is 0 Å². The predicted molar refractivity (Wildman–Crippen MR) is 153 cm³/mol. The van der Waals surface area contributed by atoms with E-state index in [0.717, 1.165) is 11.8 Å². The van der Waals surface area contributed by atoms with Crippen molar-refractivity contribution in [1.82, 2.24) is 10.2 Å². The largest absolute Gasteiger partial charge is 0.486 e. The van der Waals surface area contributed by atoms with Gasteiger partial charge in [0.2, 0.25) is 21.8 Å². The maximum Gasteiger partial charge on any atom is 0.242 e. The van der Waals surface area contributed by atoms with Crippen LogP contribution in [0.15, 0.2) is 42.5 Å². The van der Waals surface area contributed by atoms with Gasteiger partial charge in [-0.2, -0.15) is 0 Å². The van der Waals surface area contributed by atoms with Gasteiger partial charge in [0.1, 0.15) is 19.3 Å². The molecule has 2 amide bonds. The second-order valence-electron chi connectivity index (χ2n) is 9.94. The van der Waals surface area contributed by atoms with E-state index in [9.17, 15) is 18.0 Å². The van der Waals surface area contributed by atoms with Crippen LogP contribution < -0.4 is 19.1 Å². The van der Waals surface area contributed by atoms with Crippen molar-refractivity contribution in [3.63, 3.8) is 0 Å². The Balaban J connectivity index is 1.77. The maximum atomic E-state index is 13.6. The molecule has 0 bridgehead atoms. The summed E-state index contributed by atoms with van der Waals surface area (Å²) in [5.41, 5.74) is 1.17. The molecule has 0 aliphatic carbocycles. The molecule has 0 radical (unpaired) electrons. The Morgan fingerprint density at radius 2 is 1.77 bits per heavy atom. The van der Waals surface area contributed by atoms with Crippen molar-refractivity contribution in [2.75, 3.05) is 36.9 Å². The van der Waals surface area contributed by atoms with Gasteiger partial charge in [-0.1, -0.05) is 50.6 Å². The lowest BCUT2D eigenvalue weighted by Gasteiger charge is -2.31. The molecule has 0 saturated heterocycles. The number of halogens is 1. The Labute approximate surface area is 236 Å². The van der Waals surface area contributed by atoms with E-state index in [2.05, 4.69) is 5.32 Å². The van der Waals surface area contributed by atoms with Crippen molar-refractivity contribution < 1.29 is 27.5 Å². The van der Waals surface area contributed by atoms with Crippen LogP contribution in [0.5, 0.6) is 11.5 Å². The molecule has 39 heavy (non-hydrogen) atoms. The number of hydrogen-bond acceptors (Lipinski definition) is 6. The van der Waals surface area contributed by atoms with E-state index in [-0.39, 0.29) is 43.7 Å². The average molecular weight is 580 g/mol. The molecule has 9 nitrogen and oxygen atoms in total. The van der Waals surface area contributed by atoms with Gasteiger partial charge in [-0.25, -0.2) is 8.42 Å². The number of fused-ring (bicyclic) bond motifs is 1. The Bertz CT molecular complexity index is 1250. The molecule has 2 aromatic rings. The van der Waals surface area contributed by atoms with Crippen molar-refractivity contribution >= 4 is 39.1 Å². The predicted octanol–water partition coefficient (Wildman–Crippen LogP) is 4.24. The minimum Gasteiger partial charge on any atom is -0.486 e. The lowest BCUT2D eigenvalue weighted by Crippen LogP contribution is -2.49. The van der Waals surface area contributed by atoms with Crippen LogP contribution in [0, 0.1) is 5.92 Å². The van der Waals surface area contributed by atoms with Gasteiger partial charge in [-0.05, 0) is 42.5 Å². The standard InChI is InChI=1S/C28H38ClN3O6S/c1-5-24(28(34)30-18-20(2)3)31(19-21-9-6-7-10-23(21)29)27(33)11-8-14-32(39(4,35)36)22-12-13-25-26(17-22)38-16-15-37-25/h6-7,9-10,12-13,17,20,24H,5,8,11,14-16,18-19H2,1-4H3,(H,30,34)/t24-/m0/s1. The van der Waals surface area contributed by atoms with E-state index in [1.54, 1.807) is 29.2 Å². The molecular weight excluding hydrogens is 542 g/mol. The summed E-state index contributed by atoms with van der Waals surface area (Å²) in [6.45, 7) is 7.44. The van der Waals surface area contributed by atoms with Gasteiger partial charge in [0.15, 0.2) is 11.5 Å². The van der Waals surface area contributed by atoms with Gasteiger partial charge >= 0.3 is 0 Å². The van der Waals surface area contributed by atoms with Crippen molar-refractivity contribution in [1.29, 1.82) is 0 Å². The molecule has 214 valence electrons. The molecule has 1 heterocycles. The van der Waals surface area contributed by atoms with Crippen molar-refractivity contribution in [3.8, 4) is 11.5 Å². The molecular formula is C28H38ClN3O6S. The first-order valence-corrected chi connectivity index (χ1v) is 15.4. The minimum absolute atomic E-state index is 0.0506. The number of anilines is 1. The second kappa shape index (κ2) is 13.9. The minimum atomic E-state index is -3.64. The molecule has 3 rings (SSSR count). The van der Waals surface area contributed by atoms with Crippen LogP contribution in [0.25, 0.3) is 0 Å². The van der Waals surface area contributed by atoms with E-state index < -0.39 is 16.1 Å². The Morgan fingerprint density at radius 3 is 2.41 bits per heavy atom. The van der Waals surface area contributed by atoms with Gasteiger partial charge < -0.3 is 19.7 Å². The number of amides is 2. The number of nitrogens with one attached hydrogen (secondary N) is 1. The summed E-state index contributed by atoms with van der Waals surface area (Å²) in [6.07, 6.45) is 1.85. The maximum absolute atomic E-state index is 13.6. The normalized spacial score (nSPS) is 13.6. The van der Waals surface area contributed by atoms with Crippen molar-refractivity contribution in [2.24, 2.45) is 5.92 Å². The van der Waals surface area contributed by atoms with Crippen LogP contribution in [0.2, 0.25) is 5.02 Å². The van der Waals surface area contributed by atoms with Crippen LogP contribution in [-0.2, 0) is 26.2 Å². The summed E-state index contributed by atoms with van der Waals surface area (Å²) in [7, 11) is -3.64. The van der Waals surface area contributed by atoms with Gasteiger partial charge in [0.25, 0.3) is 0 Å². The molecule has 2 aromatic carbocycles. The number of carbonyl (C=O) groups is 2. The highest BCUT2D eigenvalue weighted by molar-refractivity contribution is 7.92. The topological polar surface area (TPSA) is 105 Å². The molecule has 0 aromatic heterocycles. The van der Waals surface area contributed by atoms with Crippen molar-refractivity contribution in [3.05, 3.63) is 53.1 Å².